The number of aliphatic hydroxyl groups excluding tert-OH is 1. The number of carboxylic acids is 1. The summed E-state index contributed by atoms with van der Waals surface area (Å²) in [5.74, 6) is -2.60. The Morgan fingerprint density at radius 2 is 2.00 bits per heavy atom. The Morgan fingerprint density at radius 1 is 1.31 bits per heavy atom. The second kappa shape index (κ2) is 6.99. The van der Waals surface area contributed by atoms with Gasteiger partial charge in [0.05, 0.1) is 24.2 Å². The number of hydrogen-bond acceptors (Lipinski definition) is 7. The lowest BCUT2D eigenvalue weighted by Gasteiger charge is -2.46. The highest BCUT2D eigenvalue weighted by Crippen LogP contribution is 2.52. The number of carbonyl (C=O) groups is 4. The van der Waals surface area contributed by atoms with Crippen molar-refractivity contribution in [2.45, 2.75) is 43.8 Å². The van der Waals surface area contributed by atoms with Crippen LogP contribution in [0.5, 0.6) is 0 Å². The Balaban J connectivity index is 1.53. The van der Waals surface area contributed by atoms with E-state index >= 15 is 0 Å². The molecule has 0 aliphatic carbocycles. The SMILES string of the molecule is C[C@@H](O)[C@H]1C(=O)N2C(C(=O)O)=C(S[C@H]3C[C@H](N4CC(=O)NC4=O)N(C)C3)[C@H](C)[C@H]12. The van der Waals surface area contributed by atoms with Crippen molar-refractivity contribution < 1.29 is 29.4 Å². The molecule has 4 aliphatic heterocycles. The van der Waals surface area contributed by atoms with Crippen LogP contribution in [-0.2, 0) is 14.4 Å². The van der Waals surface area contributed by atoms with E-state index < -0.39 is 24.0 Å². The number of β-lactam (4-membered cyclic amide) rings is 1. The fourth-order valence-electron chi connectivity index (χ4n) is 4.94. The van der Waals surface area contributed by atoms with Gasteiger partial charge < -0.3 is 15.1 Å². The predicted octanol–water partition coefficient (Wildman–Crippen LogP) is -0.545. The average molecular weight is 424 g/mol. The molecule has 10 nitrogen and oxygen atoms in total. The van der Waals surface area contributed by atoms with Crippen LogP contribution in [0.1, 0.15) is 20.3 Å². The number of imide groups is 1. The van der Waals surface area contributed by atoms with Crippen LogP contribution >= 0.6 is 11.8 Å². The molecule has 29 heavy (non-hydrogen) atoms. The van der Waals surface area contributed by atoms with Crippen LogP contribution in [0.2, 0.25) is 0 Å². The number of aliphatic carboxylic acids is 1. The standard InChI is InChI=1S/C18H24N4O6S/c1-7-13-12(8(2)23)16(25)22(13)14(17(26)27)15(7)29-9-4-11(20(3)5-9)21-6-10(24)19-18(21)28/h7-9,11-13,23H,4-6H2,1-3H3,(H,26,27)(H,19,24,28)/t7-,8-,9+,11+,12-,13-/m1/s1. The molecule has 0 bridgehead atoms. The van der Waals surface area contributed by atoms with Crippen LogP contribution in [-0.4, -0.2) is 92.4 Å². The lowest BCUT2D eigenvalue weighted by atomic mass is 9.79. The van der Waals surface area contributed by atoms with Gasteiger partial charge in [-0.3, -0.25) is 24.7 Å². The lowest BCUT2D eigenvalue weighted by Crippen LogP contribution is -2.63. The van der Waals surface area contributed by atoms with Crippen LogP contribution in [0, 0.1) is 11.8 Å². The monoisotopic (exact) mass is 424 g/mol. The van der Waals surface area contributed by atoms with Gasteiger partial charge in [-0.1, -0.05) is 6.92 Å². The maximum Gasteiger partial charge on any atom is 0.353 e. The topological polar surface area (TPSA) is 130 Å². The minimum Gasteiger partial charge on any atom is -0.477 e. The van der Waals surface area contributed by atoms with Gasteiger partial charge in [0.1, 0.15) is 12.2 Å². The number of carboxylic acid groups (broad SMARTS) is 1. The first-order chi connectivity index (χ1) is 13.6. The Kier molecular flexibility index (Phi) is 4.87. The van der Waals surface area contributed by atoms with Crippen LogP contribution < -0.4 is 5.32 Å². The maximum absolute atomic E-state index is 12.4. The van der Waals surface area contributed by atoms with Gasteiger partial charge in [-0.2, -0.15) is 0 Å². The smallest absolute Gasteiger partial charge is 0.353 e. The molecule has 4 aliphatic rings. The molecular formula is C18H24N4O6S. The number of nitrogens with zero attached hydrogens (tertiary/aromatic N) is 3. The Labute approximate surface area is 171 Å². The van der Waals surface area contributed by atoms with Crippen LogP contribution in [0.25, 0.3) is 0 Å². The zero-order valence-electron chi connectivity index (χ0n) is 16.4. The highest BCUT2D eigenvalue weighted by atomic mass is 32.2. The summed E-state index contributed by atoms with van der Waals surface area (Å²) in [6.45, 7) is 4.08. The summed E-state index contributed by atoms with van der Waals surface area (Å²) in [6.07, 6.45) is -0.490. The minimum atomic E-state index is -1.15. The summed E-state index contributed by atoms with van der Waals surface area (Å²) in [6, 6.07) is -0.750. The molecule has 0 aromatic heterocycles. The third-order valence-electron chi connectivity index (χ3n) is 6.26. The number of urea groups is 1. The maximum atomic E-state index is 12.4. The molecule has 3 N–H and O–H groups in total. The third kappa shape index (κ3) is 3.03. The zero-order chi connectivity index (χ0) is 21.2. The molecular weight excluding hydrogens is 400 g/mol. The van der Waals surface area contributed by atoms with Crippen LogP contribution in [0.15, 0.2) is 10.6 Å². The first kappa shape index (κ1) is 20.2. The van der Waals surface area contributed by atoms with E-state index in [1.807, 2.05) is 18.9 Å². The molecule has 4 amide bonds. The van der Waals surface area contributed by atoms with Crippen LogP contribution in [0.3, 0.4) is 0 Å². The zero-order valence-corrected chi connectivity index (χ0v) is 17.2. The largest absolute Gasteiger partial charge is 0.477 e. The van der Waals surface area contributed by atoms with Crippen molar-refractivity contribution in [2.24, 2.45) is 11.8 Å². The quantitative estimate of drug-likeness (QED) is 0.396. The fraction of sp³-hybridized carbons (Fsp3) is 0.667. The van der Waals surface area contributed by atoms with E-state index in [9.17, 15) is 29.4 Å². The van der Waals surface area contributed by atoms with Crippen molar-refractivity contribution in [1.82, 2.24) is 20.0 Å². The van der Waals surface area contributed by atoms with E-state index in [-0.39, 0.29) is 47.4 Å². The predicted molar refractivity (Wildman–Crippen MR) is 102 cm³/mol. The summed E-state index contributed by atoms with van der Waals surface area (Å²) < 4.78 is 0. The summed E-state index contributed by atoms with van der Waals surface area (Å²) in [5, 5.41) is 22.0. The van der Waals surface area contributed by atoms with Crippen molar-refractivity contribution in [3.8, 4) is 0 Å². The Morgan fingerprint density at radius 3 is 2.55 bits per heavy atom. The second-order valence-corrected chi connectivity index (χ2v) is 9.49. The molecule has 0 unspecified atom stereocenters. The van der Waals surface area contributed by atoms with E-state index in [1.54, 1.807) is 6.92 Å². The van der Waals surface area contributed by atoms with Crippen molar-refractivity contribution >= 4 is 35.6 Å². The lowest BCUT2D eigenvalue weighted by molar-refractivity contribution is -0.163. The third-order valence-corrected chi connectivity index (χ3v) is 7.75. The van der Waals surface area contributed by atoms with E-state index in [2.05, 4.69) is 5.32 Å². The van der Waals surface area contributed by atoms with Crippen molar-refractivity contribution in [1.29, 1.82) is 0 Å². The number of amides is 4. The molecule has 11 heteroatoms. The normalized spacial score (nSPS) is 35.9. The van der Waals surface area contributed by atoms with E-state index in [0.29, 0.717) is 17.9 Å². The van der Waals surface area contributed by atoms with Crippen molar-refractivity contribution in [3.63, 3.8) is 0 Å². The van der Waals surface area contributed by atoms with E-state index in [1.165, 1.54) is 21.6 Å². The van der Waals surface area contributed by atoms with Gasteiger partial charge in [0.25, 0.3) is 0 Å². The molecule has 0 radical (unpaired) electrons. The van der Waals surface area contributed by atoms with Crippen molar-refractivity contribution in [2.75, 3.05) is 20.1 Å². The number of fused-ring (bicyclic) bond motifs is 1. The minimum absolute atomic E-state index is 0.00889. The molecule has 3 fully saturated rings. The molecule has 0 spiro atoms. The number of aliphatic hydroxyl groups is 1. The number of likely N-dealkylation sites (tertiary alicyclic amines) is 1. The fourth-order valence-corrected chi connectivity index (χ4v) is 6.53. The van der Waals surface area contributed by atoms with Gasteiger partial charge in [0.2, 0.25) is 11.8 Å². The summed E-state index contributed by atoms with van der Waals surface area (Å²) in [5.41, 5.74) is 0.00889. The molecule has 0 aromatic rings. The van der Waals surface area contributed by atoms with Crippen LogP contribution in [0.4, 0.5) is 4.79 Å². The summed E-state index contributed by atoms with van der Waals surface area (Å²) >= 11 is 1.43. The Bertz CT molecular complexity index is 829. The number of nitrogens with one attached hydrogen (secondary N) is 1. The number of hydrogen-bond donors (Lipinski definition) is 3. The highest BCUT2D eigenvalue weighted by molar-refractivity contribution is 8.03. The molecule has 4 rings (SSSR count). The summed E-state index contributed by atoms with van der Waals surface area (Å²) in [4.78, 5) is 53.3. The molecule has 0 saturated carbocycles. The van der Waals surface area contributed by atoms with E-state index in [0.717, 1.165) is 0 Å². The number of rotatable bonds is 5. The first-order valence-corrected chi connectivity index (χ1v) is 10.5. The van der Waals surface area contributed by atoms with Gasteiger partial charge in [0.15, 0.2) is 0 Å². The molecule has 3 saturated heterocycles. The van der Waals surface area contributed by atoms with Crippen molar-refractivity contribution in [3.05, 3.63) is 10.6 Å². The van der Waals surface area contributed by atoms with Gasteiger partial charge in [-0.25, -0.2) is 9.59 Å². The van der Waals surface area contributed by atoms with Gasteiger partial charge in [0, 0.05) is 22.6 Å². The van der Waals surface area contributed by atoms with Gasteiger partial charge >= 0.3 is 12.0 Å². The van der Waals surface area contributed by atoms with Gasteiger partial charge in [-0.15, -0.1) is 11.8 Å². The molecule has 4 heterocycles. The van der Waals surface area contributed by atoms with Gasteiger partial charge in [-0.05, 0) is 20.4 Å². The molecule has 158 valence electrons. The second-order valence-electron chi connectivity index (χ2n) is 8.15. The first-order valence-electron chi connectivity index (χ1n) is 9.57. The molecule has 6 atom stereocenters. The van der Waals surface area contributed by atoms with E-state index in [4.69, 9.17) is 0 Å². The summed E-state index contributed by atoms with van der Waals surface area (Å²) in [7, 11) is 1.87. The highest BCUT2D eigenvalue weighted by Gasteiger charge is 2.60. The molecule has 0 aromatic carbocycles. The number of carbonyl (C=O) groups excluding carboxylic acids is 3. The average Bonchev–Trinajstić information content (AvgIpc) is 3.21. The Hall–Kier alpha value is -2.11. The number of thioether (sulfide) groups is 1.